The summed E-state index contributed by atoms with van der Waals surface area (Å²) in [6.45, 7) is 2.94. The summed E-state index contributed by atoms with van der Waals surface area (Å²) in [5, 5.41) is 0. The van der Waals surface area contributed by atoms with Gasteiger partial charge < -0.3 is 4.74 Å². The molecule has 0 fully saturated rings. The number of rotatable bonds is 4. The highest BCUT2D eigenvalue weighted by Crippen LogP contribution is 2.39. The maximum atomic E-state index is 5.93. The Morgan fingerprint density at radius 2 is 1.89 bits per heavy atom. The minimum Gasteiger partial charge on any atom is -0.493 e. The molecule has 0 N–H and O–H groups in total. The van der Waals surface area contributed by atoms with E-state index < -0.39 is 0 Å². The summed E-state index contributed by atoms with van der Waals surface area (Å²) in [7, 11) is 0. The SMILES string of the molecule is CCc1ccc(OCC2CSc3ccccc32)cc1. The zero-order chi connectivity index (χ0) is 13.1. The zero-order valence-corrected chi connectivity index (χ0v) is 12.0. The lowest BCUT2D eigenvalue weighted by Gasteiger charge is -2.12. The van der Waals surface area contributed by atoms with E-state index in [1.807, 2.05) is 11.8 Å². The lowest BCUT2D eigenvalue weighted by molar-refractivity contribution is 0.298. The van der Waals surface area contributed by atoms with Gasteiger partial charge in [0, 0.05) is 16.6 Å². The maximum Gasteiger partial charge on any atom is 0.119 e. The smallest absolute Gasteiger partial charge is 0.119 e. The summed E-state index contributed by atoms with van der Waals surface area (Å²) in [6, 6.07) is 17.1. The summed E-state index contributed by atoms with van der Waals surface area (Å²) in [4.78, 5) is 1.41. The number of benzene rings is 2. The molecule has 1 nitrogen and oxygen atoms in total. The Morgan fingerprint density at radius 3 is 2.68 bits per heavy atom. The molecule has 2 heteroatoms. The van der Waals surface area contributed by atoms with Crippen LogP contribution < -0.4 is 4.74 Å². The Labute approximate surface area is 119 Å². The Balaban J connectivity index is 1.64. The second-order valence-electron chi connectivity index (χ2n) is 4.85. The Morgan fingerprint density at radius 1 is 1.11 bits per heavy atom. The fourth-order valence-electron chi connectivity index (χ4n) is 2.39. The van der Waals surface area contributed by atoms with Crippen LogP contribution in [-0.2, 0) is 6.42 Å². The predicted molar refractivity (Wildman–Crippen MR) is 81.2 cm³/mol. The third-order valence-electron chi connectivity index (χ3n) is 3.58. The van der Waals surface area contributed by atoms with Gasteiger partial charge in [-0.3, -0.25) is 0 Å². The molecule has 0 aliphatic carbocycles. The second-order valence-corrected chi connectivity index (χ2v) is 5.92. The van der Waals surface area contributed by atoms with Gasteiger partial charge in [0.2, 0.25) is 0 Å². The molecule has 1 heterocycles. The van der Waals surface area contributed by atoms with Crippen LogP contribution in [0.4, 0.5) is 0 Å². The highest BCUT2D eigenvalue weighted by molar-refractivity contribution is 7.99. The van der Waals surface area contributed by atoms with Crippen LogP contribution in [0.1, 0.15) is 24.0 Å². The monoisotopic (exact) mass is 270 g/mol. The van der Waals surface area contributed by atoms with Crippen LogP contribution in [0.2, 0.25) is 0 Å². The lowest BCUT2D eigenvalue weighted by Crippen LogP contribution is -2.09. The predicted octanol–water partition coefficient (Wildman–Crippen LogP) is 4.52. The van der Waals surface area contributed by atoms with Crippen LogP contribution >= 0.6 is 11.8 Å². The van der Waals surface area contributed by atoms with E-state index in [0.717, 1.165) is 24.5 Å². The molecule has 1 aliphatic rings. The summed E-state index contributed by atoms with van der Waals surface area (Å²) in [6.07, 6.45) is 1.08. The molecule has 0 bridgehead atoms. The van der Waals surface area contributed by atoms with E-state index in [4.69, 9.17) is 4.74 Å². The first kappa shape index (κ1) is 12.6. The first-order valence-corrected chi connectivity index (χ1v) is 7.79. The number of aryl methyl sites for hydroxylation is 1. The lowest BCUT2D eigenvalue weighted by atomic mass is 10.0. The molecule has 0 radical (unpaired) electrons. The van der Waals surface area contributed by atoms with Crippen molar-refractivity contribution in [3.05, 3.63) is 59.7 Å². The fraction of sp³-hybridized carbons (Fsp3) is 0.294. The molecular weight excluding hydrogens is 252 g/mol. The van der Waals surface area contributed by atoms with Crippen molar-refractivity contribution < 1.29 is 4.74 Å². The largest absolute Gasteiger partial charge is 0.493 e. The minimum absolute atomic E-state index is 0.520. The summed E-state index contributed by atoms with van der Waals surface area (Å²) >= 11 is 1.94. The molecule has 0 aromatic heterocycles. The molecule has 0 saturated carbocycles. The van der Waals surface area contributed by atoms with E-state index in [-0.39, 0.29) is 0 Å². The van der Waals surface area contributed by atoms with E-state index in [2.05, 4.69) is 55.5 Å². The zero-order valence-electron chi connectivity index (χ0n) is 11.1. The van der Waals surface area contributed by atoms with Crippen LogP contribution in [0.3, 0.4) is 0 Å². The van der Waals surface area contributed by atoms with Crippen molar-refractivity contribution in [2.45, 2.75) is 24.2 Å². The first-order chi connectivity index (χ1) is 9.36. The van der Waals surface area contributed by atoms with Crippen molar-refractivity contribution in [2.75, 3.05) is 12.4 Å². The number of ether oxygens (including phenoxy) is 1. The van der Waals surface area contributed by atoms with Gasteiger partial charge in [0.1, 0.15) is 5.75 Å². The Bertz CT molecular complexity index is 547. The van der Waals surface area contributed by atoms with Crippen molar-refractivity contribution in [1.82, 2.24) is 0 Å². The number of hydrogen-bond donors (Lipinski definition) is 0. The highest BCUT2D eigenvalue weighted by Gasteiger charge is 2.23. The fourth-order valence-corrected chi connectivity index (χ4v) is 3.62. The number of hydrogen-bond acceptors (Lipinski definition) is 2. The van der Waals surface area contributed by atoms with Crippen LogP contribution in [0.15, 0.2) is 53.4 Å². The normalized spacial score (nSPS) is 17.2. The Hall–Kier alpha value is -1.41. The van der Waals surface area contributed by atoms with Gasteiger partial charge in [-0.05, 0) is 35.7 Å². The van der Waals surface area contributed by atoms with E-state index in [9.17, 15) is 0 Å². The van der Waals surface area contributed by atoms with E-state index in [1.165, 1.54) is 16.0 Å². The summed E-state index contributed by atoms with van der Waals surface area (Å²) in [5.41, 5.74) is 2.80. The van der Waals surface area contributed by atoms with Gasteiger partial charge in [-0.25, -0.2) is 0 Å². The van der Waals surface area contributed by atoms with E-state index in [0.29, 0.717) is 5.92 Å². The molecule has 2 aromatic carbocycles. The maximum absolute atomic E-state index is 5.93. The van der Waals surface area contributed by atoms with Crippen LogP contribution in [-0.4, -0.2) is 12.4 Å². The standard InChI is InChI=1S/C17H18OS/c1-2-13-7-9-15(10-8-13)18-11-14-12-19-17-6-4-3-5-16(14)17/h3-10,14H,2,11-12H2,1H3. The van der Waals surface area contributed by atoms with Gasteiger partial charge in [0.25, 0.3) is 0 Å². The van der Waals surface area contributed by atoms with Crippen molar-refractivity contribution in [2.24, 2.45) is 0 Å². The van der Waals surface area contributed by atoms with Gasteiger partial charge in [-0.15, -0.1) is 11.8 Å². The van der Waals surface area contributed by atoms with E-state index in [1.54, 1.807) is 0 Å². The molecule has 1 aliphatic heterocycles. The summed E-state index contributed by atoms with van der Waals surface area (Å²) < 4.78 is 5.93. The van der Waals surface area contributed by atoms with Gasteiger partial charge in [-0.2, -0.15) is 0 Å². The topological polar surface area (TPSA) is 9.23 Å². The van der Waals surface area contributed by atoms with Crippen molar-refractivity contribution in [3.63, 3.8) is 0 Å². The average molecular weight is 270 g/mol. The van der Waals surface area contributed by atoms with Crippen molar-refractivity contribution in [1.29, 1.82) is 0 Å². The average Bonchev–Trinajstić information content (AvgIpc) is 2.89. The van der Waals surface area contributed by atoms with Gasteiger partial charge in [0.15, 0.2) is 0 Å². The van der Waals surface area contributed by atoms with Crippen LogP contribution in [0, 0.1) is 0 Å². The number of thioether (sulfide) groups is 1. The first-order valence-electron chi connectivity index (χ1n) is 6.80. The Kier molecular flexibility index (Phi) is 3.79. The van der Waals surface area contributed by atoms with Crippen LogP contribution in [0.5, 0.6) is 5.75 Å². The molecule has 0 amide bonds. The molecule has 1 unspecified atom stereocenters. The molecule has 0 spiro atoms. The van der Waals surface area contributed by atoms with Crippen LogP contribution in [0.25, 0.3) is 0 Å². The highest BCUT2D eigenvalue weighted by atomic mass is 32.2. The third kappa shape index (κ3) is 2.79. The van der Waals surface area contributed by atoms with Gasteiger partial charge in [-0.1, -0.05) is 37.3 Å². The molecule has 1 atom stereocenters. The molecule has 3 rings (SSSR count). The molecule has 98 valence electrons. The van der Waals surface area contributed by atoms with Gasteiger partial charge >= 0.3 is 0 Å². The third-order valence-corrected chi connectivity index (χ3v) is 4.83. The molecule has 0 saturated heterocycles. The van der Waals surface area contributed by atoms with Crippen molar-refractivity contribution in [3.8, 4) is 5.75 Å². The number of fused-ring (bicyclic) bond motifs is 1. The molecule has 19 heavy (non-hydrogen) atoms. The van der Waals surface area contributed by atoms with Crippen molar-refractivity contribution >= 4 is 11.8 Å². The van der Waals surface area contributed by atoms with Gasteiger partial charge in [0.05, 0.1) is 6.61 Å². The van der Waals surface area contributed by atoms with E-state index >= 15 is 0 Å². The molecular formula is C17H18OS. The molecule has 2 aromatic rings. The quantitative estimate of drug-likeness (QED) is 0.808. The summed E-state index contributed by atoms with van der Waals surface area (Å²) in [5.74, 6) is 2.63. The minimum atomic E-state index is 0.520. The second kappa shape index (κ2) is 5.70.